The molecule has 4 rings (SSSR count). The van der Waals surface area contributed by atoms with Crippen molar-refractivity contribution in [1.82, 2.24) is 24.0 Å². The Balaban J connectivity index is 1.53. The van der Waals surface area contributed by atoms with Crippen molar-refractivity contribution in [3.8, 4) is 0 Å². The van der Waals surface area contributed by atoms with Crippen LogP contribution >= 0.6 is 0 Å². The maximum absolute atomic E-state index is 13.3. The lowest BCUT2D eigenvalue weighted by atomic mass is 10.1. The van der Waals surface area contributed by atoms with E-state index in [2.05, 4.69) is 14.8 Å². The van der Waals surface area contributed by atoms with E-state index < -0.39 is 10.0 Å². The van der Waals surface area contributed by atoms with Crippen LogP contribution in [0.25, 0.3) is 0 Å². The maximum atomic E-state index is 13.3. The molecule has 8 nitrogen and oxygen atoms in total. The Hall–Kier alpha value is -2.26. The summed E-state index contributed by atoms with van der Waals surface area (Å²) in [6.45, 7) is 12.2. The summed E-state index contributed by atoms with van der Waals surface area (Å²) in [5, 5.41) is 8.73. The van der Waals surface area contributed by atoms with Crippen LogP contribution in [-0.4, -0.2) is 57.9 Å². The number of nitrogens with zero attached hydrogens (tertiary/aromatic N) is 5. The van der Waals surface area contributed by atoms with Gasteiger partial charge in [-0.3, -0.25) is 4.79 Å². The van der Waals surface area contributed by atoms with E-state index in [0.717, 1.165) is 34.8 Å². The van der Waals surface area contributed by atoms with E-state index in [9.17, 15) is 13.2 Å². The summed E-state index contributed by atoms with van der Waals surface area (Å²) in [6.07, 6.45) is 0.718. The van der Waals surface area contributed by atoms with E-state index >= 15 is 0 Å². The first kappa shape index (κ1) is 22.0. The number of amides is 1. The highest BCUT2D eigenvalue weighted by Crippen LogP contribution is 2.33. The van der Waals surface area contributed by atoms with Gasteiger partial charge >= 0.3 is 0 Å². The molecule has 168 valence electrons. The van der Waals surface area contributed by atoms with Crippen LogP contribution in [0.15, 0.2) is 17.0 Å². The van der Waals surface area contributed by atoms with E-state index in [-0.39, 0.29) is 17.7 Å². The fourth-order valence-electron chi connectivity index (χ4n) is 4.54. The highest BCUT2D eigenvalue weighted by molar-refractivity contribution is 7.89. The van der Waals surface area contributed by atoms with Gasteiger partial charge in [-0.05, 0) is 49.9 Å². The molecule has 0 N–H and O–H groups in total. The monoisotopic (exact) mass is 445 g/mol. The lowest BCUT2D eigenvalue weighted by Gasteiger charge is -2.29. The molecule has 1 atom stereocenters. The Bertz CT molecular complexity index is 1120. The first-order chi connectivity index (χ1) is 14.6. The molecule has 1 aromatic carbocycles. The molecule has 3 heterocycles. The van der Waals surface area contributed by atoms with Crippen LogP contribution in [0.2, 0.25) is 0 Å². The van der Waals surface area contributed by atoms with E-state index in [4.69, 9.17) is 0 Å². The summed E-state index contributed by atoms with van der Waals surface area (Å²) in [4.78, 5) is 14.5. The lowest BCUT2D eigenvalue weighted by Crippen LogP contribution is -2.41. The number of rotatable bonds is 4. The molecular weight excluding hydrogens is 414 g/mol. The molecule has 0 saturated carbocycles. The van der Waals surface area contributed by atoms with E-state index in [1.807, 2.05) is 45.6 Å². The zero-order chi connectivity index (χ0) is 22.5. The van der Waals surface area contributed by atoms with Crippen LogP contribution in [0.1, 0.15) is 54.5 Å². The molecule has 0 bridgehead atoms. The average molecular weight is 446 g/mol. The van der Waals surface area contributed by atoms with Gasteiger partial charge in [-0.25, -0.2) is 8.42 Å². The predicted molar refractivity (Wildman–Crippen MR) is 117 cm³/mol. The summed E-state index contributed by atoms with van der Waals surface area (Å²) in [5.41, 5.74) is 2.85. The van der Waals surface area contributed by atoms with E-state index in [0.29, 0.717) is 37.6 Å². The number of benzene rings is 1. The van der Waals surface area contributed by atoms with Crippen molar-refractivity contribution in [2.45, 2.75) is 64.9 Å². The Morgan fingerprint density at radius 2 is 1.74 bits per heavy atom. The molecule has 1 unspecified atom stereocenters. The molecule has 9 heteroatoms. The zero-order valence-corrected chi connectivity index (χ0v) is 19.7. The second kappa shape index (κ2) is 8.02. The van der Waals surface area contributed by atoms with Crippen LogP contribution in [0, 0.1) is 26.7 Å². The minimum absolute atomic E-state index is 0.00947. The number of carbonyl (C=O) groups is 1. The number of aryl methyl sites for hydroxylation is 3. The van der Waals surface area contributed by atoms with E-state index in [1.165, 1.54) is 0 Å². The van der Waals surface area contributed by atoms with Crippen LogP contribution in [0.3, 0.4) is 0 Å². The number of carbonyl (C=O) groups excluding carboxylic acids is 1. The third-order valence-electron chi connectivity index (χ3n) is 6.51. The van der Waals surface area contributed by atoms with Crippen molar-refractivity contribution >= 4 is 15.9 Å². The van der Waals surface area contributed by atoms with Gasteiger partial charge in [0.05, 0.1) is 11.4 Å². The fourth-order valence-corrected chi connectivity index (χ4v) is 6.34. The van der Waals surface area contributed by atoms with Crippen molar-refractivity contribution in [2.75, 3.05) is 19.6 Å². The molecule has 2 aliphatic rings. The van der Waals surface area contributed by atoms with Crippen LogP contribution in [-0.2, 0) is 27.9 Å². The Kier molecular flexibility index (Phi) is 5.68. The predicted octanol–water partition coefficient (Wildman–Crippen LogP) is 2.38. The first-order valence-electron chi connectivity index (χ1n) is 10.9. The number of hydrogen-bond donors (Lipinski definition) is 0. The molecule has 0 radical (unpaired) electrons. The van der Waals surface area contributed by atoms with Gasteiger partial charge in [0.25, 0.3) is 0 Å². The van der Waals surface area contributed by atoms with Crippen molar-refractivity contribution in [2.24, 2.45) is 5.92 Å². The molecule has 1 fully saturated rings. The highest BCUT2D eigenvalue weighted by Gasteiger charge is 2.37. The fraction of sp³-hybridized carbons (Fsp3) is 0.591. The summed E-state index contributed by atoms with van der Waals surface area (Å²) in [7, 11) is -3.56. The van der Waals surface area contributed by atoms with Gasteiger partial charge in [0.15, 0.2) is 5.82 Å². The van der Waals surface area contributed by atoms with Gasteiger partial charge in [-0.2, -0.15) is 4.31 Å². The molecule has 1 aromatic heterocycles. The molecule has 2 aromatic rings. The Morgan fingerprint density at radius 3 is 2.45 bits per heavy atom. The van der Waals surface area contributed by atoms with Gasteiger partial charge in [-0.15, -0.1) is 10.2 Å². The molecule has 0 spiro atoms. The molecular formula is C22H31N5O3S. The molecule has 0 aliphatic carbocycles. The quantitative estimate of drug-likeness (QED) is 0.721. The van der Waals surface area contributed by atoms with E-state index in [1.54, 1.807) is 10.4 Å². The summed E-state index contributed by atoms with van der Waals surface area (Å²) in [6, 6.07) is 3.72. The van der Waals surface area contributed by atoms with Crippen LogP contribution in [0.5, 0.6) is 0 Å². The summed E-state index contributed by atoms with van der Waals surface area (Å²) in [5.74, 6) is 1.70. The van der Waals surface area contributed by atoms with Crippen LogP contribution < -0.4 is 0 Å². The second-order valence-corrected chi connectivity index (χ2v) is 11.0. The Labute approximate surface area is 184 Å². The SMILES string of the molecule is Cc1cc(C)c(S(=O)(=O)N2CCC(c3nnc4n3CCN(C(=O)C(C)C)C4)C2)cc1C. The van der Waals surface area contributed by atoms with Crippen molar-refractivity contribution in [3.63, 3.8) is 0 Å². The topological polar surface area (TPSA) is 88.4 Å². The van der Waals surface area contributed by atoms with Gasteiger partial charge in [0.2, 0.25) is 15.9 Å². The molecule has 1 saturated heterocycles. The van der Waals surface area contributed by atoms with Crippen LogP contribution in [0.4, 0.5) is 0 Å². The van der Waals surface area contributed by atoms with Gasteiger partial charge in [-0.1, -0.05) is 19.9 Å². The normalized spacial score (nSPS) is 19.8. The standard InChI is InChI=1S/C22H31N5O3S/c1-14(2)22(28)25-8-9-27-20(13-25)23-24-21(27)18-6-7-26(12-18)31(29,30)19-11-16(4)15(3)10-17(19)5/h10-11,14,18H,6-9,12-13H2,1-5H3. The molecule has 2 aliphatic heterocycles. The summed E-state index contributed by atoms with van der Waals surface area (Å²) < 4.78 is 30.3. The number of sulfonamides is 1. The van der Waals surface area contributed by atoms with Crippen molar-refractivity contribution < 1.29 is 13.2 Å². The Morgan fingerprint density at radius 1 is 1.03 bits per heavy atom. The third-order valence-corrected chi connectivity index (χ3v) is 8.52. The van der Waals surface area contributed by atoms with Crippen molar-refractivity contribution in [3.05, 3.63) is 40.5 Å². The number of aromatic nitrogens is 3. The number of fused-ring (bicyclic) bond motifs is 1. The maximum Gasteiger partial charge on any atom is 0.243 e. The molecule has 1 amide bonds. The number of hydrogen-bond acceptors (Lipinski definition) is 5. The largest absolute Gasteiger partial charge is 0.333 e. The first-order valence-corrected chi connectivity index (χ1v) is 12.3. The summed E-state index contributed by atoms with van der Waals surface area (Å²) >= 11 is 0. The van der Waals surface area contributed by atoms with Gasteiger partial charge in [0.1, 0.15) is 5.82 Å². The second-order valence-electron chi connectivity index (χ2n) is 9.09. The zero-order valence-electron chi connectivity index (χ0n) is 18.9. The minimum Gasteiger partial charge on any atom is -0.333 e. The third kappa shape index (κ3) is 3.89. The molecule has 31 heavy (non-hydrogen) atoms. The van der Waals surface area contributed by atoms with Gasteiger partial charge < -0.3 is 9.47 Å². The average Bonchev–Trinajstić information content (AvgIpc) is 3.36. The minimum atomic E-state index is -3.56. The smallest absolute Gasteiger partial charge is 0.243 e. The van der Waals surface area contributed by atoms with Gasteiger partial charge in [0, 0.05) is 38.0 Å². The van der Waals surface area contributed by atoms with Crippen molar-refractivity contribution in [1.29, 1.82) is 0 Å². The lowest BCUT2D eigenvalue weighted by molar-refractivity contribution is -0.136. The highest BCUT2D eigenvalue weighted by atomic mass is 32.2.